The van der Waals surface area contributed by atoms with Gasteiger partial charge in [-0.15, -0.1) is 11.8 Å². The number of hydrogen-bond donors (Lipinski definition) is 0. The third-order valence-corrected chi connectivity index (χ3v) is 10.9. The Balaban J connectivity index is 2.48. The van der Waals surface area contributed by atoms with Gasteiger partial charge in [-0.1, -0.05) is 192 Å². The maximum Gasteiger partial charge on any atom is 0.0280 e. The molecule has 0 amide bonds. The molecule has 0 N–H and O–H groups in total. The molecule has 0 aliphatic rings. The Morgan fingerprint density at radius 3 is 0.904 bits per heavy atom. The largest absolute Gasteiger partial charge is 0.101 e. The highest BCUT2D eigenvalue weighted by atomic mass is 14.2. The molecule has 0 fully saturated rings. The lowest BCUT2D eigenvalue weighted by molar-refractivity contribution is 0.605. The lowest BCUT2D eigenvalue weighted by Gasteiger charge is -2.15. The van der Waals surface area contributed by atoms with Gasteiger partial charge in [-0.05, 0) is 111 Å². The standard InChI is InChI=1S/C52H80/c1-7-13-17-21-25-29-35-47-43-51(49(41-45(47)33-11-5)37-31-27-23-19-15-9-3)39-40-52-44-48(36-30-26-22-18-14-8-2)46(34-12-6)42-50(52)38-32-28-24-20-16-10-4/h39-44H,7-10,13-32,35-38H2,1-6H3/b40-39+. The van der Waals surface area contributed by atoms with Crippen LogP contribution in [0.15, 0.2) is 24.3 Å². The summed E-state index contributed by atoms with van der Waals surface area (Å²) in [7, 11) is 0. The van der Waals surface area contributed by atoms with E-state index in [0.717, 1.165) is 25.7 Å². The van der Waals surface area contributed by atoms with Crippen LogP contribution in [0.5, 0.6) is 0 Å². The summed E-state index contributed by atoms with van der Waals surface area (Å²) in [5.41, 5.74) is 11.2. The quantitative estimate of drug-likeness (QED) is 0.0431. The molecule has 0 spiro atoms. The van der Waals surface area contributed by atoms with Crippen LogP contribution < -0.4 is 0 Å². The lowest BCUT2D eigenvalue weighted by atomic mass is 9.90. The first kappa shape index (κ1) is 45.5. The minimum Gasteiger partial charge on any atom is -0.101 e. The van der Waals surface area contributed by atoms with Gasteiger partial charge < -0.3 is 0 Å². The van der Waals surface area contributed by atoms with Crippen LogP contribution in [-0.2, 0) is 25.7 Å². The predicted octanol–water partition coefficient (Wildman–Crippen LogP) is 16.2. The van der Waals surface area contributed by atoms with E-state index in [1.165, 1.54) is 199 Å². The van der Waals surface area contributed by atoms with E-state index in [0.29, 0.717) is 0 Å². The molecule has 0 heteroatoms. The maximum atomic E-state index is 3.52. The van der Waals surface area contributed by atoms with Crippen molar-refractivity contribution >= 4 is 12.2 Å². The average molecular weight is 705 g/mol. The third-order valence-electron chi connectivity index (χ3n) is 10.9. The van der Waals surface area contributed by atoms with Gasteiger partial charge in [0.1, 0.15) is 0 Å². The number of aryl methyl sites for hydroxylation is 4. The molecule has 0 saturated heterocycles. The molecule has 0 unspecified atom stereocenters. The minimum atomic E-state index is 1.13. The molecule has 0 bridgehead atoms. The lowest BCUT2D eigenvalue weighted by Crippen LogP contribution is -2.00. The van der Waals surface area contributed by atoms with Crippen molar-refractivity contribution in [3.63, 3.8) is 0 Å². The van der Waals surface area contributed by atoms with Crippen molar-refractivity contribution in [1.29, 1.82) is 0 Å². The SMILES string of the molecule is CC#Cc1cc(CCCCCCCC)c(/C=C/c2cc(CCCCCCCC)c(C#CC)cc2CCCCCCCC)cc1CCCCCCCC. The predicted molar refractivity (Wildman–Crippen MR) is 235 cm³/mol. The fourth-order valence-corrected chi connectivity index (χ4v) is 7.64. The number of rotatable bonds is 30. The average Bonchev–Trinajstić information content (AvgIpc) is 3.15. The Morgan fingerprint density at radius 2 is 0.615 bits per heavy atom. The topological polar surface area (TPSA) is 0 Å². The van der Waals surface area contributed by atoms with Crippen molar-refractivity contribution in [3.05, 3.63) is 68.8 Å². The van der Waals surface area contributed by atoms with Crippen LogP contribution in [-0.4, -0.2) is 0 Å². The van der Waals surface area contributed by atoms with Gasteiger partial charge in [-0.25, -0.2) is 0 Å². The van der Waals surface area contributed by atoms with Crippen molar-refractivity contribution in [2.45, 2.75) is 221 Å². The molecule has 0 aliphatic heterocycles. The highest BCUT2D eigenvalue weighted by Gasteiger charge is 2.11. The highest BCUT2D eigenvalue weighted by Crippen LogP contribution is 2.27. The summed E-state index contributed by atoms with van der Waals surface area (Å²) in [5, 5.41) is 0. The summed E-state index contributed by atoms with van der Waals surface area (Å²) in [6.45, 7) is 13.2. The molecule has 2 aromatic carbocycles. The molecule has 2 rings (SSSR count). The summed E-state index contributed by atoms with van der Waals surface area (Å²) >= 11 is 0. The fourth-order valence-electron chi connectivity index (χ4n) is 7.64. The zero-order chi connectivity index (χ0) is 37.5. The van der Waals surface area contributed by atoms with Crippen molar-refractivity contribution < 1.29 is 0 Å². The Hall–Kier alpha value is -2.70. The van der Waals surface area contributed by atoms with Gasteiger partial charge in [-0.3, -0.25) is 0 Å². The van der Waals surface area contributed by atoms with Crippen LogP contribution in [0.4, 0.5) is 0 Å². The summed E-state index contributed by atoms with van der Waals surface area (Å²) in [5.74, 6) is 13.6. The first-order chi connectivity index (χ1) is 25.6. The molecule has 0 aliphatic carbocycles. The molecule has 0 nitrogen and oxygen atoms in total. The van der Waals surface area contributed by atoms with E-state index < -0.39 is 0 Å². The Kier molecular flexibility index (Phi) is 26.9. The smallest absolute Gasteiger partial charge is 0.0280 e. The number of unbranched alkanes of at least 4 members (excludes halogenated alkanes) is 20. The second-order valence-corrected chi connectivity index (χ2v) is 15.6. The van der Waals surface area contributed by atoms with Crippen molar-refractivity contribution in [1.82, 2.24) is 0 Å². The van der Waals surface area contributed by atoms with Crippen molar-refractivity contribution in [2.75, 3.05) is 0 Å². The highest BCUT2D eigenvalue weighted by molar-refractivity contribution is 5.75. The Bertz CT molecular complexity index is 1260. The maximum absolute atomic E-state index is 3.52. The molecule has 0 heterocycles. The van der Waals surface area contributed by atoms with Crippen LogP contribution in [0.25, 0.3) is 12.2 Å². The van der Waals surface area contributed by atoms with Gasteiger partial charge in [0.2, 0.25) is 0 Å². The first-order valence-electron chi connectivity index (χ1n) is 22.5. The fraction of sp³-hybridized carbons (Fsp3) is 0.654. The minimum absolute atomic E-state index is 1.13. The summed E-state index contributed by atoms with van der Waals surface area (Å²) in [6, 6.07) is 9.98. The van der Waals surface area contributed by atoms with Crippen LogP contribution in [0.2, 0.25) is 0 Å². The first-order valence-corrected chi connectivity index (χ1v) is 22.5. The zero-order valence-electron chi connectivity index (χ0n) is 35.3. The van der Waals surface area contributed by atoms with Crippen LogP contribution in [0, 0.1) is 23.7 Å². The van der Waals surface area contributed by atoms with Crippen molar-refractivity contribution in [2.24, 2.45) is 0 Å². The van der Waals surface area contributed by atoms with Gasteiger partial charge in [0.25, 0.3) is 0 Å². The third kappa shape index (κ3) is 19.4. The zero-order valence-corrected chi connectivity index (χ0v) is 35.3. The second kappa shape index (κ2) is 30.7. The van der Waals surface area contributed by atoms with E-state index >= 15 is 0 Å². The molecular formula is C52H80. The molecule has 52 heavy (non-hydrogen) atoms. The molecule has 2 aromatic rings. The molecule has 0 atom stereocenters. The molecular weight excluding hydrogens is 625 g/mol. The summed E-state index contributed by atoms with van der Waals surface area (Å²) < 4.78 is 0. The second-order valence-electron chi connectivity index (χ2n) is 15.6. The van der Waals surface area contributed by atoms with Gasteiger partial charge in [-0.2, -0.15) is 0 Å². The van der Waals surface area contributed by atoms with Crippen LogP contribution in [0.1, 0.15) is 240 Å². The number of hydrogen-bond acceptors (Lipinski definition) is 0. The van der Waals surface area contributed by atoms with Gasteiger partial charge in [0.15, 0.2) is 0 Å². The summed E-state index contributed by atoms with van der Waals surface area (Å²) in [6.07, 6.45) is 41.4. The Morgan fingerprint density at radius 1 is 0.346 bits per heavy atom. The van der Waals surface area contributed by atoms with Gasteiger partial charge in [0.05, 0.1) is 0 Å². The van der Waals surface area contributed by atoms with Gasteiger partial charge >= 0.3 is 0 Å². The van der Waals surface area contributed by atoms with E-state index in [2.05, 4.69) is 87.8 Å². The molecule has 0 saturated carbocycles. The molecule has 0 radical (unpaired) electrons. The monoisotopic (exact) mass is 705 g/mol. The van der Waals surface area contributed by atoms with Gasteiger partial charge in [0, 0.05) is 11.1 Å². The number of benzene rings is 2. The van der Waals surface area contributed by atoms with E-state index in [1.54, 1.807) is 0 Å². The van der Waals surface area contributed by atoms with E-state index in [4.69, 9.17) is 0 Å². The molecule has 0 aromatic heterocycles. The molecule has 288 valence electrons. The van der Waals surface area contributed by atoms with E-state index in [-0.39, 0.29) is 0 Å². The van der Waals surface area contributed by atoms with Crippen LogP contribution >= 0.6 is 0 Å². The van der Waals surface area contributed by atoms with Crippen molar-refractivity contribution in [3.8, 4) is 23.7 Å². The Labute approximate surface area is 324 Å². The van der Waals surface area contributed by atoms with E-state index in [1.807, 2.05) is 13.8 Å². The normalized spacial score (nSPS) is 11.1. The van der Waals surface area contributed by atoms with Crippen LogP contribution in [0.3, 0.4) is 0 Å². The van der Waals surface area contributed by atoms with E-state index in [9.17, 15) is 0 Å². The summed E-state index contributed by atoms with van der Waals surface area (Å²) in [4.78, 5) is 0.